The zero-order valence-electron chi connectivity index (χ0n) is 40.7. The molecule has 2 bridgehead atoms. The van der Waals surface area contributed by atoms with Crippen LogP contribution in [0.15, 0.2) is 53.5 Å². The van der Waals surface area contributed by atoms with Gasteiger partial charge in [0.15, 0.2) is 5.82 Å². The number of amides is 2. The quantitative estimate of drug-likeness (QED) is 0.127. The molecule has 3 aromatic carbocycles. The normalized spacial score (nSPS) is 23.4. The Hall–Kier alpha value is -6.31. The van der Waals surface area contributed by atoms with E-state index in [0.717, 1.165) is 37.9 Å². The van der Waals surface area contributed by atoms with Gasteiger partial charge in [0.1, 0.15) is 40.3 Å². The van der Waals surface area contributed by atoms with Crippen molar-refractivity contribution >= 4 is 56.0 Å². The van der Waals surface area contributed by atoms with Crippen LogP contribution in [0.2, 0.25) is 0 Å². The summed E-state index contributed by atoms with van der Waals surface area (Å²) in [6, 6.07) is 11.6. The van der Waals surface area contributed by atoms with Crippen LogP contribution < -0.4 is 30.9 Å². The number of fused-ring (bicyclic) bond motifs is 5. The summed E-state index contributed by atoms with van der Waals surface area (Å²) in [7, 11) is 1.69. The van der Waals surface area contributed by atoms with Gasteiger partial charge in [-0.25, -0.2) is 18.0 Å². The summed E-state index contributed by atoms with van der Waals surface area (Å²) in [5.74, 6) is -1.42. The van der Waals surface area contributed by atoms with Gasteiger partial charge in [0, 0.05) is 114 Å². The number of benzene rings is 3. The van der Waals surface area contributed by atoms with Crippen molar-refractivity contribution in [3.8, 4) is 23.0 Å². The van der Waals surface area contributed by atoms with Crippen LogP contribution in [0.3, 0.4) is 0 Å². The van der Waals surface area contributed by atoms with Gasteiger partial charge in [0.25, 0.3) is 0 Å². The van der Waals surface area contributed by atoms with Crippen molar-refractivity contribution in [1.29, 1.82) is 0 Å². The summed E-state index contributed by atoms with van der Waals surface area (Å²) in [6.07, 6.45) is 7.23. The number of hydrogen-bond donors (Lipinski definition) is 3. The fourth-order valence-corrected chi connectivity index (χ4v) is 12.3. The first-order valence-corrected chi connectivity index (χ1v) is 25.6. The Labute approximate surface area is 414 Å². The van der Waals surface area contributed by atoms with Crippen LogP contribution in [-0.4, -0.2) is 141 Å². The lowest BCUT2D eigenvalue weighted by Crippen LogP contribution is -2.54. The fraction of sp³-hybridized carbons (Fsp3) is 0.509. The molecule has 3 unspecified atom stereocenters. The van der Waals surface area contributed by atoms with Crippen LogP contribution in [0, 0.1) is 17.0 Å². The molecule has 1 aliphatic carbocycles. The van der Waals surface area contributed by atoms with E-state index in [4.69, 9.17) is 14.7 Å². The maximum absolute atomic E-state index is 17.2. The second kappa shape index (κ2) is 18.0. The number of phenols is 1. The number of carbonyl (C=O) groups excluding carboxylic acids is 2. The first kappa shape index (κ1) is 46.7. The number of piperidine rings is 2. The Morgan fingerprint density at radius 1 is 0.847 bits per heavy atom. The van der Waals surface area contributed by atoms with E-state index in [1.807, 2.05) is 25.1 Å². The third kappa shape index (κ3) is 8.49. The standard InChI is InChI=1S/C53H60F3N11O5/c1-3-36-39(54)8-4-31-22-35(68)24-37(44(31)36)46-45(55)47-38(25-57-46)48(66-26-32-5-6-33(27-66)58-32)61-50(60-47)72-30-52(12-13-52)28-63-16-14-53(56,15-17-63)29-64-18-20-65(21-19-64)34-7-9-40-42(23-34)62(2)51(71)67(40)41-10-11-43(69)59-49(41)70/h4,7-9,22-25,32-33,41,58,68H,3,5-6,10-21,26-30H2,1-2H3,(H,59,69,70). The zero-order valence-corrected chi connectivity index (χ0v) is 40.7. The van der Waals surface area contributed by atoms with Crippen molar-refractivity contribution in [1.82, 2.24) is 44.5 Å². The van der Waals surface area contributed by atoms with E-state index in [9.17, 15) is 19.5 Å². The summed E-state index contributed by atoms with van der Waals surface area (Å²) < 4.78 is 58.5. The number of carbonyl (C=O) groups is 2. The number of anilines is 2. The Balaban J connectivity index is 0.703. The number of phenolic OH excluding ortho intramolecular Hbond substituents is 1. The maximum atomic E-state index is 17.2. The van der Waals surface area contributed by atoms with Crippen LogP contribution in [-0.2, 0) is 23.1 Å². The monoisotopic (exact) mass is 987 g/mol. The zero-order chi connectivity index (χ0) is 49.6. The van der Waals surface area contributed by atoms with Gasteiger partial charge in [-0.15, -0.1) is 0 Å². The van der Waals surface area contributed by atoms with Gasteiger partial charge in [-0.1, -0.05) is 13.0 Å². The molecule has 0 spiro atoms. The number of piperazine rings is 2. The smallest absolute Gasteiger partial charge is 0.329 e. The largest absolute Gasteiger partial charge is 0.508 e. The number of nitrogens with one attached hydrogen (secondary N) is 2. The van der Waals surface area contributed by atoms with Crippen LogP contribution in [0.25, 0.3) is 44.0 Å². The number of halogens is 3. The van der Waals surface area contributed by atoms with Crippen molar-refractivity contribution in [2.24, 2.45) is 12.5 Å². The van der Waals surface area contributed by atoms with Crippen molar-refractivity contribution in [2.75, 3.05) is 81.9 Å². The minimum Gasteiger partial charge on any atom is -0.508 e. The Morgan fingerprint density at radius 2 is 1.60 bits per heavy atom. The number of imidazole rings is 1. The Morgan fingerprint density at radius 3 is 2.32 bits per heavy atom. The number of aryl methyl sites for hydroxylation is 2. The number of aromatic hydroxyl groups is 1. The highest BCUT2D eigenvalue weighted by Crippen LogP contribution is 2.48. The number of rotatable bonds is 12. The van der Waals surface area contributed by atoms with Crippen molar-refractivity contribution in [3.05, 3.63) is 76.3 Å². The summed E-state index contributed by atoms with van der Waals surface area (Å²) in [4.78, 5) is 61.0. The molecule has 6 fully saturated rings. The van der Waals surface area contributed by atoms with E-state index >= 15 is 13.2 Å². The molecule has 8 heterocycles. The molecule has 3 aromatic heterocycles. The molecule has 0 radical (unpaired) electrons. The predicted molar refractivity (Wildman–Crippen MR) is 267 cm³/mol. The van der Waals surface area contributed by atoms with Crippen molar-refractivity contribution in [3.63, 3.8) is 0 Å². The van der Waals surface area contributed by atoms with Crippen LogP contribution >= 0.6 is 0 Å². The van der Waals surface area contributed by atoms with E-state index < -0.39 is 29.3 Å². The molecule has 3 N–H and O–H groups in total. The number of aromatic nitrogens is 5. The third-order valence-corrected chi connectivity index (χ3v) is 16.5. The fourth-order valence-electron chi connectivity index (χ4n) is 12.3. The van der Waals surface area contributed by atoms with Crippen LogP contribution in [0.1, 0.15) is 69.9 Å². The molecular weight excluding hydrogens is 928 g/mol. The highest BCUT2D eigenvalue weighted by molar-refractivity contribution is 6.02. The Kier molecular flexibility index (Phi) is 11.7. The SMILES string of the molecule is CCc1c(F)ccc2cc(O)cc(-c3ncc4c(N5CC6CCC(C5)N6)nc(OCC5(CN6CCC(F)(CN7CCN(c8ccc9c(c8)n(C)c(=O)n9C8CCC(=O)NC8=O)CC7)CC6)CC5)nc4c3F)c12. The average molecular weight is 988 g/mol. The molecule has 12 rings (SSSR count). The number of imide groups is 1. The topological polar surface area (TPSA) is 166 Å². The lowest BCUT2D eigenvalue weighted by Gasteiger charge is -2.43. The minimum absolute atomic E-state index is 0.0414. The lowest BCUT2D eigenvalue weighted by atomic mass is 9.91. The third-order valence-electron chi connectivity index (χ3n) is 16.5. The number of nitrogens with zero attached hydrogens (tertiary/aromatic N) is 9. The Bertz CT molecular complexity index is 3200. The molecule has 2 amide bonds. The second-order valence-corrected chi connectivity index (χ2v) is 21.4. The number of pyridine rings is 1. The minimum atomic E-state index is -1.31. The first-order valence-electron chi connectivity index (χ1n) is 25.6. The van der Waals surface area contributed by atoms with Gasteiger partial charge in [-0.05, 0) is 104 Å². The van der Waals surface area contributed by atoms with E-state index in [1.54, 1.807) is 29.9 Å². The van der Waals surface area contributed by atoms with Gasteiger partial charge in [0.2, 0.25) is 11.8 Å². The second-order valence-electron chi connectivity index (χ2n) is 21.4. The average Bonchev–Trinajstić information content (AvgIpc) is 3.99. The molecule has 3 atom stereocenters. The molecular formula is C53H60F3N11O5. The number of ether oxygens (including phenoxy) is 1. The van der Waals surface area contributed by atoms with E-state index in [1.165, 1.54) is 16.7 Å². The maximum Gasteiger partial charge on any atom is 0.329 e. The summed E-state index contributed by atoms with van der Waals surface area (Å²) in [5, 5.41) is 18.3. The van der Waals surface area contributed by atoms with Gasteiger partial charge in [-0.3, -0.25) is 33.9 Å². The highest BCUT2D eigenvalue weighted by Gasteiger charge is 2.47. The van der Waals surface area contributed by atoms with Gasteiger partial charge in [-0.2, -0.15) is 9.97 Å². The summed E-state index contributed by atoms with van der Waals surface area (Å²) in [6.45, 7) is 8.75. The highest BCUT2D eigenvalue weighted by atomic mass is 19.1. The van der Waals surface area contributed by atoms with E-state index in [-0.39, 0.29) is 70.5 Å². The summed E-state index contributed by atoms with van der Waals surface area (Å²) in [5.41, 5.74) is 1.24. The predicted octanol–water partition coefficient (Wildman–Crippen LogP) is 5.75. The van der Waals surface area contributed by atoms with Gasteiger partial charge in [0.05, 0.1) is 23.0 Å². The molecule has 19 heteroatoms. The van der Waals surface area contributed by atoms with Gasteiger partial charge < -0.3 is 29.9 Å². The van der Waals surface area contributed by atoms with Crippen LogP contribution in [0.5, 0.6) is 11.8 Å². The molecule has 378 valence electrons. The van der Waals surface area contributed by atoms with Crippen molar-refractivity contribution in [2.45, 2.75) is 88.5 Å². The summed E-state index contributed by atoms with van der Waals surface area (Å²) >= 11 is 0. The molecule has 1 saturated carbocycles. The van der Waals surface area contributed by atoms with Crippen molar-refractivity contribution < 1.29 is 32.6 Å². The van der Waals surface area contributed by atoms with E-state index in [2.05, 4.69) is 35.2 Å². The number of hydrogen-bond acceptors (Lipinski definition) is 13. The molecule has 5 aliphatic heterocycles. The lowest BCUT2D eigenvalue weighted by molar-refractivity contribution is -0.135. The number of likely N-dealkylation sites (tertiary alicyclic amines) is 1. The molecule has 16 nitrogen and oxygen atoms in total. The van der Waals surface area contributed by atoms with Crippen LogP contribution in [0.4, 0.5) is 24.7 Å². The molecule has 6 aromatic rings. The molecule has 5 saturated heterocycles. The molecule has 72 heavy (non-hydrogen) atoms. The van der Waals surface area contributed by atoms with E-state index in [0.29, 0.717) is 123 Å². The first-order chi connectivity index (χ1) is 34.7. The number of alkyl halides is 1. The molecule has 6 aliphatic rings. The van der Waals surface area contributed by atoms with Gasteiger partial charge >= 0.3 is 11.7 Å².